The summed E-state index contributed by atoms with van der Waals surface area (Å²) in [5.74, 6) is -0.501. The Kier molecular flexibility index (Phi) is 2.99. The molecule has 0 aliphatic rings. The Hall–Kier alpha value is -2.26. The smallest absolute Gasteiger partial charge is 0.336 e. The number of aromatic carboxylic acids is 1. The molecule has 0 saturated carbocycles. The number of rotatable bonds is 2. The van der Waals surface area contributed by atoms with Gasteiger partial charge in [-0.1, -0.05) is 23.2 Å². The first kappa shape index (κ1) is 12.8. The van der Waals surface area contributed by atoms with Gasteiger partial charge in [0.25, 0.3) is 0 Å². The average Bonchev–Trinajstić information content (AvgIpc) is 2.81. The summed E-state index contributed by atoms with van der Waals surface area (Å²) >= 11 is 5.96. The van der Waals surface area contributed by atoms with Gasteiger partial charge >= 0.3 is 5.97 Å². The maximum absolute atomic E-state index is 11.3. The van der Waals surface area contributed by atoms with Gasteiger partial charge in [0.05, 0.1) is 5.56 Å². The molecule has 1 N–H and O–H groups in total. The highest BCUT2D eigenvalue weighted by Gasteiger charge is 2.15. The largest absolute Gasteiger partial charge is 0.478 e. The number of furan rings is 1. The minimum Gasteiger partial charge on any atom is -0.478 e. The maximum Gasteiger partial charge on any atom is 0.336 e. The fourth-order valence-electron chi connectivity index (χ4n) is 2.20. The van der Waals surface area contributed by atoms with Crippen molar-refractivity contribution in [3.05, 3.63) is 58.6 Å². The molecule has 3 aromatic rings. The highest BCUT2D eigenvalue weighted by molar-refractivity contribution is 6.31. The molecule has 3 nitrogen and oxygen atoms in total. The zero-order valence-corrected chi connectivity index (χ0v) is 11.4. The number of carboxylic acids is 1. The molecule has 0 unspecified atom stereocenters. The molecule has 0 aliphatic heterocycles. The van der Waals surface area contributed by atoms with Gasteiger partial charge in [0.1, 0.15) is 11.3 Å². The Balaban J connectivity index is 2.24. The second-order valence-corrected chi connectivity index (χ2v) is 5.08. The van der Waals surface area contributed by atoms with Crippen LogP contribution < -0.4 is 0 Å². The standard InChI is InChI=1S/C16H11ClO3/c1-9-2-5-14-10(6-9)7-15(20-14)13-8-11(17)3-4-12(13)16(18)19/h2-8H,1H3,(H,18,19). The van der Waals surface area contributed by atoms with Crippen molar-refractivity contribution in [2.45, 2.75) is 6.92 Å². The van der Waals surface area contributed by atoms with Crippen LogP contribution in [0.2, 0.25) is 5.02 Å². The summed E-state index contributed by atoms with van der Waals surface area (Å²) in [5, 5.41) is 10.7. The third-order valence-corrected chi connectivity index (χ3v) is 3.38. The van der Waals surface area contributed by atoms with Gasteiger partial charge in [0.15, 0.2) is 0 Å². The van der Waals surface area contributed by atoms with E-state index in [-0.39, 0.29) is 5.56 Å². The molecule has 0 radical (unpaired) electrons. The van der Waals surface area contributed by atoms with Gasteiger partial charge in [-0.2, -0.15) is 0 Å². The van der Waals surface area contributed by atoms with Crippen molar-refractivity contribution in [3.8, 4) is 11.3 Å². The van der Waals surface area contributed by atoms with Crippen LogP contribution in [0.3, 0.4) is 0 Å². The molecule has 0 aliphatic carbocycles. The summed E-state index contributed by atoms with van der Waals surface area (Å²) in [5.41, 5.74) is 2.50. The van der Waals surface area contributed by atoms with Crippen molar-refractivity contribution in [2.24, 2.45) is 0 Å². The van der Waals surface area contributed by atoms with Crippen molar-refractivity contribution in [2.75, 3.05) is 0 Å². The highest BCUT2D eigenvalue weighted by atomic mass is 35.5. The average molecular weight is 287 g/mol. The van der Waals surface area contributed by atoms with Crippen molar-refractivity contribution in [1.29, 1.82) is 0 Å². The number of benzene rings is 2. The predicted molar refractivity (Wildman–Crippen MR) is 78.4 cm³/mol. The van der Waals surface area contributed by atoms with E-state index >= 15 is 0 Å². The first-order valence-electron chi connectivity index (χ1n) is 6.08. The van der Waals surface area contributed by atoms with Gasteiger partial charge in [-0.3, -0.25) is 0 Å². The molecule has 0 spiro atoms. The molecule has 2 aromatic carbocycles. The molecule has 0 atom stereocenters. The van der Waals surface area contributed by atoms with E-state index in [0.717, 1.165) is 16.5 Å². The summed E-state index contributed by atoms with van der Waals surface area (Å²) < 4.78 is 5.73. The topological polar surface area (TPSA) is 50.4 Å². The monoisotopic (exact) mass is 286 g/mol. The normalized spacial score (nSPS) is 10.9. The predicted octanol–water partition coefficient (Wildman–Crippen LogP) is 4.76. The molecule has 1 aromatic heterocycles. The lowest BCUT2D eigenvalue weighted by Crippen LogP contribution is -1.98. The number of hydrogen-bond acceptors (Lipinski definition) is 2. The van der Waals surface area contributed by atoms with Gasteiger partial charge in [0, 0.05) is 16.0 Å². The molecule has 3 rings (SSSR count). The summed E-state index contributed by atoms with van der Waals surface area (Å²) in [7, 11) is 0. The lowest BCUT2D eigenvalue weighted by atomic mass is 10.0. The molecule has 100 valence electrons. The zero-order valence-electron chi connectivity index (χ0n) is 10.7. The van der Waals surface area contributed by atoms with Gasteiger partial charge in [-0.15, -0.1) is 0 Å². The van der Waals surface area contributed by atoms with Gasteiger partial charge in [-0.25, -0.2) is 4.79 Å². The number of halogens is 1. The van der Waals surface area contributed by atoms with Crippen LogP contribution in [0.15, 0.2) is 46.9 Å². The van der Waals surface area contributed by atoms with Crippen molar-refractivity contribution < 1.29 is 14.3 Å². The van der Waals surface area contributed by atoms with E-state index in [1.54, 1.807) is 12.1 Å². The molecule has 0 amide bonds. The molecule has 1 heterocycles. The Morgan fingerprint density at radius 2 is 1.95 bits per heavy atom. The summed E-state index contributed by atoms with van der Waals surface area (Å²) in [4.78, 5) is 11.3. The molecular weight excluding hydrogens is 276 g/mol. The van der Waals surface area contributed by atoms with E-state index < -0.39 is 5.97 Å². The van der Waals surface area contributed by atoms with Crippen molar-refractivity contribution in [1.82, 2.24) is 0 Å². The van der Waals surface area contributed by atoms with Crippen LogP contribution in [0.5, 0.6) is 0 Å². The van der Waals surface area contributed by atoms with E-state index in [1.807, 2.05) is 31.2 Å². The number of carboxylic acid groups (broad SMARTS) is 1. The molecule has 0 fully saturated rings. The van der Waals surface area contributed by atoms with Crippen molar-refractivity contribution >= 4 is 28.5 Å². The molecule has 0 bridgehead atoms. The molecule has 4 heteroatoms. The van der Waals surface area contributed by atoms with Crippen LogP contribution in [0, 0.1) is 6.92 Å². The van der Waals surface area contributed by atoms with Gasteiger partial charge in [0.2, 0.25) is 0 Å². The first-order valence-corrected chi connectivity index (χ1v) is 6.46. The summed E-state index contributed by atoms with van der Waals surface area (Å²) in [6.45, 7) is 1.99. The Morgan fingerprint density at radius 1 is 1.15 bits per heavy atom. The second kappa shape index (κ2) is 4.69. The van der Waals surface area contributed by atoms with E-state index in [9.17, 15) is 9.90 Å². The van der Waals surface area contributed by atoms with Crippen LogP contribution in [0.4, 0.5) is 0 Å². The van der Waals surface area contributed by atoms with Gasteiger partial charge < -0.3 is 9.52 Å². The van der Waals surface area contributed by atoms with Crippen LogP contribution in [0.1, 0.15) is 15.9 Å². The van der Waals surface area contributed by atoms with E-state index in [4.69, 9.17) is 16.0 Å². The first-order chi connectivity index (χ1) is 9.54. The van der Waals surface area contributed by atoms with Gasteiger partial charge in [-0.05, 0) is 43.3 Å². The van der Waals surface area contributed by atoms with E-state index in [2.05, 4.69) is 0 Å². The van der Waals surface area contributed by atoms with E-state index in [0.29, 0.717) is 16.3 Å². The summed E-state index contributed by atoms with van der Waals surface area (Å²) in [6.07, 6.45) is 0. The minimum atomic E-state index is -1.01. The third-order valence-electron chi connectivity index (χ3n) is 3.15. The third kappa shape index (κ3) is 2.17. The number of aryl methyl sites for hydroxylation is 1. The number of hydrogen-bond donors (Lipinski definition) is 1. The highest BCUT2D eigenvalue weighted by Crippen LogP contribution is 2.32. The number of fused-ring (bicyclic) bond motifs is 1. The molecule has 0 saturated heterocycles. The zero-order chi connectivity index (χ0) is 14.3. The quantitative estimate of drug-likeness (QED) is 0.739. The fourth-order valence-corrected chi connectivity index (χ4v) is 2.37. The van der Waals surface area contributed by atoms with Crippen LogP contribution in [-0.2, 0) is 0 Å². The van der Waals surface area contributed by atoms with Crippen LogP contribution in [-0.4, -0.2) is 11.1 Å². The Bertz CT molecular complexity index is 818. The lowest BCUT2D eigenvalue weighted by molar-refractivity contribution is 0.0697. The maximum atomic E-state index is 11.3. The summed E-state index contributed by atoms with van der Waals surface area (Å²) in [6, 6.07) is 12.3. The SMILES string of the molecule is Cc1ccc2oc(-c3cc(Cl)ccc3C(=O)O)cc2c1. The Morgan fingerprint density at radius 3 is 2.70 bits per heavy atom. The molecule has 20 heavy (non-hydrogen) atoms. The van der Waals surface area contributed by atoms with E-state index in [1.165, 1.54) is 6.07 Å². The minimum absolute atomic E-state index is 0.171. The van der Waals surface area contributed by atoms with Crippen molar-refractivity contribution in [3.63, 3.8) is 0 Å². The molecular formula is C16H11ClO3. The lowest BCUT2D eigenvalue weighted by Gasteiger charge is -2.03. The fraction of sp³-hybridized carbons (Fsp3) is 0.0625. The van der Waals surface area contributed by atoms with Crippen LogP contribution >= 0.6 is 11.6 Å². The second-order valence-electron chi connectivity index (χ2n) is 4.65. The Labute approximate surface area is 120 Å². The van der Waals surface area contributed by atoms with Crippen LogP contribution in [0.25, 0.3) is 22.3 Å². The number of carbonyl (C=O) groups is 1.